The van der Waals surface area contributed by atoms with E-state index in [-0.39, 0.29) is 41.2 Å². The third-order valence-electron chi connectivity index (χ3n) is 5.61. The molecule has 39 heavy (non-hydrogen) atoms. The van der Waals surface area contributed by atoms with Crippen molar-refractivity contribution >= 4 is 9.84 Å². The Kier molecular flexibility index (Phi) is 8.28. The Morgan fingerprint density at radius 3 is 2.23 bits per heavy atom. The quantitative estimate of drug-likeness (QED) is 0.267. The van der Waals surface area contributed by atoms with Crippen molar-refractivity contribution in [2.24, 2.45) is 0 Å². The summed E-state index contributed by atoms with van der Waals surface area (Å²) in [7, 11) is -1.08. The predicted molar refractivity (Wildman–Crippen MR) is 132 cm³/mol. The topological polar surface area (TPSA) is 131 Å². The van der Waals surface area contributed by atoms with Gasteiger partial charge in [-0.15, -0.1) is 10.2 Å². The number of rotatable bonds is 11. The van der Waals surface area contributed by atoms with Crippen LogP contribution in [0, 0.1) is 5.82 Å². The Morgan fingerprint density at radius 2 is 1.62 bits per heavy atom. The van der Waals surface area contributed by atoms with E-state index in [1.54, 1.807) is 18.2 Å². The second kappa shape index (κ2) is 11.6. The monoisotopic (exact) mass is 564 g/mol. The molecule has 3 heterocycles. The minimum absolute atomic E-state index is 0.0252. The molecule has 15 heteroatoms. The molecule has 1 aromatic carbocycles. The second-order valence-corrected chi connectivity index (χ2v) is 10.6. The van der Waals surface area contributed by atoms with E-state index in [0.29, 0.717) is 11.5 Å². The molecular weight excluding hydrogens is 541 g/mol. The normalized spacial score (nSPS) is 12.4. The fraction of sp³-hybridized carbons (Fsp3) is 0.292. The zero-order valence-electron chi connectivity index (χ0n) is 21.0. The number of methoxy groups -OCH3 is 2. The lowest BCUT2D eigenvalue weighted by molar-refractivity contribution is -0.0527. The van der Waals surface area contributed by atoms with E-state index in [2.05, 4.69) is 29.9 Å². The molecule has 0 amide bonds. The largest absolute Gasteiger partial charge is 0.494 e. The van der Waals surface area contributed by atoms with Gasteiger partial charge in [0.15, 0.2) is 27.3 Å². The van der Waals surface area contributed by atoms with Gasteiger partial charge in [0.25, 0.3) is 0 Å². The van der Waals surface area contributed by atoms with Gasteiger partial charge in [0.2, 0.25) is 5.88 Å². The van der Waals surface area contributed by atoms with Gasteiger partial charge in [0.1, 0.15) is 34.5 Å². The van der Waals surface area contributed by atoms with Crippen molar-refractivity contribution in [1.82, 2.24) is 29.7 Å². The zero-order chi connectivity index (χ0) is 28.2. The highest BCUT2D eigenvalue weighted by Gasteiger charge is 2.29. The molecule has 11 nitrogen and oxygen atoms in total. The highest BCUT2D eigenvalue weighted by Crippen LogP contribution is 2.36. The summed E-state index contributed by atoms with van der Waals surface area (Å²) in [5.74, 6) is -0.858. The number of ether oxygens (including phenoxy) is 3. The number of benzene rings is 1. The third kappa shape index (κ3) is 6.25. The van der Waals surface area contributed by atoms with Gasteiger partial charge in [-0.05, 0) is 25.1 Å². The molecule has 0 saturated heterocycles. The summed E-state index contributed by atoms with van der Waals surface area (Å²) in [5.41, 5.74) is 0.342. The maximum absolute atomic E-state index is 13.4. The predicted octanol–water partition coefficient (Wildman–Crippen LogP) is 3.42. The maximum atomic E-state index is 13.4. The minimum atomic E-state index is -3.91. The molecular formula is C24H23F3N6O5S. The van der Waals surface area contributed by atoms with Crippen molar-refractivity contribution in [3.63, 3.8) is 0 Å². The van der Waals surface area contributed by atoms with Crippen molar-refractivity contribution in [3.8, 4) is 34.6 Å². The molecule has 0 aliphatic rings. The Morgan fingerprint density at radius 1 is 0.974 bits per heavy atom. The van der Waals surface area contributed by atoms with E-state index < -0.39 is 33.3 Å². The van der Waals surface area contributed by atoms with E-state index in [1.165, 1.54) is 43.9 Å². The number of hydrogen-bond donors (Lipinski definition) is 0. The van der Waals surface area contributed by atoms with Crippen LogP contribution >= 0.6 is 0 Å². The molecule has 1 atom stereocenters. The number of nitrogens with zero attached hydrogens (tertiary/aromatic N) is 6. The highest BCUT2D eigenvalue weighted by molar-refractivity contribution is 7.91. The lowest BCUT2D eigenvalue weighted by Crippen LogP contribution is -2.24. The summed E-state index contributed by atoms with van der Waals surface area (Å²) < 4.78 is 82.4. The number of halogens is 3. The van der Waals surface area contributed by atoms with E-state index >= 15 is 0 Å². The van der Waals surface area contributed by atoms with E-state index in [9.17, 15) is 21.6 Å². The SMILES string of the molecule is COc1cccc(OC)c1-n1c(CS(=O)(=O)[C@H](C)Cc2ncc(F)cn2)nnc1-c1cccc(OC(F)F)n1. The van der Waals surface area contributed by atoms with Crippen LogP contribution in [0.5, 0.6) is 17.4 Å². The molecule has 0 N–H and O–H groups in total. The second-order valence-electron chi connectivity index (χ2n) is 8.17. The molecule has 0 aliphatic carbocycles. The van der Waals surface area contributed by atoms with Gasteiger partial charge in [-0.2, -0.15) is 8.78 Å². The van der Waals surface area contributed by atoms with Crippen LogP contribution in [0.3, 0.4) is 0 Å². The average molecular weight is 565 g/mol. The summed E-state index contributed by atoms with van der Waals surface area (Å²) >= 11 is 0. The first-order valence-electron chi connectivity index (χ1n) is 11.4. The minimum Gasteiger partial charge on any atom is -0.494 e. The Hall–Kier alpha value is -4.27. The summed E-state index contributed by atoms with van der Waals surface area (Å²) in [6.45, 7) is -1.63. The van der Waals surface area contributed by atoms with Crippen molar-refractivity contribution in [1.29, 1.82) is 0 Å². The summed E-state index contributed by atoms with van der Waals surface area (Å²) in [5, 5.41) is 7.27. The van der Waals surface area contributed by atoms with Crippen LogP contribution in [0.25, 0.3) is 17.2 Å². The Balaban J connectivity index is 1.81. The van der Waals surface area contributed by atoms with Crippen LogP contribution in [0.2, 0.25) is 0 Å². The molecule has 0 radical (unpaired) electrons. The molecule has 4 aromatic rings. The van der Waals surface area contributed by atoms with E-state index in [4.69, 9.17) is 9.47 Å². The maximum Gasteiger partial charge on any atom is 0.388 e. The zero-order valence-corrected chi connectivity index (χ0v) is 21.8. The molecule has 206 valence electrons. The molecule has 0 saturated carbocycles. The lowest BCUT2D eigenvalue weighted by atomic mass is 10.2. The van der Waals surface area contributed by atoms with Crippen LogP contribution in [0.1, 0.15) is 18.6 Å². The van der Waals surface area contributed by atoms with Crippen LogP contribution in [-0.2, 0) is 22.0 Å². The fourth-order valence-corrected chi connectivity index (χ4v) is 4.94. The number of aromatic nitrogens is 6. The van der Waals surface area contributed by atoms with Crippen LogP contribution < -0.4 is 14.2 Å². The Labute approximate surface area is 221 Å². The number of para-hydroxylation sites is 1. The highest BCUT2D eigenvalue weighted by atomic mass is 32.2. The molecule has 0 unspecified atom stereocenters. The lowest BCUT2D eigenvalue weighted by Gasteiger charge is -2.18. The first kappa shape index (κ1) is 27.8. The number of hydrogen-bond acceptors (Lipinski definition) is 10. The molecule has 0 bridgehead atoms. The van der Waals surface area contributed by atoms with Gasteiger partial charge in [0.05, 0.1) is 31.9 Å². The first-order valence-corrected chi connectivity index (χ1v) is 13.1. The molecule has 0 aliphatic heterocycles. The number of pyridine rings is 1. The van der Waals surface area contributed by atoms with Gasteiger partial charge in [0, 0.05) is 12.5 Å². The average Bonchev–Trinajstić information content (AvgIpc) is 3.31. The van der Waals surface area contributed by atoms with Crippen molar-refractivity contribution in [3.05, 3.63) is 66.3 Å². The number of sulfone groups is 1. The summed E-state index contributed by atoms with van der Waals surface area (Å²) in [6.07, 6.45) is 1.84. The number of alkyl halides is 2. The third-order valence-corrected chi connectivity index (χ3v) is 7.66. The summed E-state index contributed by atoms with van der Waals surface area (Å²) in [4.78, 5) is 11.7. The fourth-order valence-electron chi connectivity index (χ4n) is 3.71. The molecule has 0 fully saturated rings. The van der Waals surface area contributed by atoms with Gasteiger partial charge >= 0.3 is 6.61 Å². The van der Waals surface area contributed by atoms with Crippen LogP contribution in [-0.4, -0.2) is 64.2 Å². The molecule has 0 spiro atoms. The molecule has 4 rings (SSSR count). The van der Waals surface area contributed by atoms with Crippen molar-refractivity contribution < 1.29 is 35.8 Å². The van der Waals surface area contributed by atoms with Gasteiger partial charge in [-0.1, -0.05) is 12.1 Å². The van der Waals surface area contributed by atoms with E-state index in [0.717, 1.165) is 12.4 Å². The van der Waals surface area contributed by atoms with Gasteiger partial charge in [-0.3, -0.25) is 4.57 Å². The van der Waals surface area contributed by atoms with Gasteiger partial charge < -0.3 is 14.2 Å². The standard InChI is InChI=1S/C24H23F3N6O5S/c1-14(10-19-28-11-15(25)12-29-19)39(34,35)13-20-31-32-23(16-6-4-9-21(30-16)38-24(26)27)33(20)22-17(36-2)7-5-8-18(22)37-3/h4-9,11-12,14,24H,10,13H2,1-3H3/t14-/m1/s1. The van der Waals surface area contributed by atoms with Crippen LogP contribution in [0.4, 0.5) is 13.2 Å². The Bertz CT molecular complexity index is 1530. The van der Waals surface area contributed by atoms with Gasteiger partial charge in [-0.25, -0.2) is 27.8 Å². The van der Waals surface area contributed by atoms with Crippen molar-refractivity contribution in [2.75, 3.05) is 14.2 Å². The smallest absolute Gasteiger partial charge is 0.388 e. The first-order chi connectivity index (χ1) is 18.6. The molecule has 3 aromatic heterocycles. The van der Waals surface area contributed by atoms with Crippen molar-refractivity contribution in [2.45, 2.75) is 31.0 Å². The summed E-state index contributed by atoms with van der Waals surface area (Å²) in [6, 6.07) is 9.07. The van der Waals surface area contributed by atoms with Crippen LogP contribution in [0.15, 0.2) is 48.8 Å². The van der Waals surface area contributed by atoms with E-state index in [1.807, 2.05) is 0 Å².